The summed E-state index contributed by atoms with van der Waals surface area (Å²) >= 11 is 0. The Balaban J connectivity index is 3.22. The molecule has 0 aromatic heterocycles. The Morgan fingerprint density at radius 3 is 2.32 bits per heavy atom. The number of esters is 1. The summed E-state index contributed by atoms with van der Waals surface area (Å²) in [5.41, 5.74) is -4.29. The molecule has 1 unspecified atom stereocenters. The van der Waals surface area contributed by atoms with Crippen molar-refractivity contribution in [1.82, 2.24) is 0 Å². The number of unbranched alkanes of at least 4 members (excludes halogenated alkanes) is 2. The number of aliphatic hydroxyl groups excluding tert-OH is 5. The summed E-state index contributed by atoms with van der Waals surface area (Å²) in [5.74, 6) is -3.28. The molecule has 0 bridgehead atoms. The van der Waals surface area contributed by atoms with Crippen molar-refractivity contribution in [2.75, 3.05) is 13.2 Å². The lowest BCUT2D eigenvalue weighted by Gasteiger charge is -2.42. The van der Waals surface area contributed by atoms with Crippen LogP contribution in [0.3, 0.4) is 0 Å². The van der Waals surface area contributed by atoms with E-state index < -0.39 is 54.4 Å². The van der Waals surface area contributed by atoms with Crippen LogP contribution in [-0.2, 0) is 9.53 Å². The first-order valence-electron chi connectivity index (χ1n) is 7.26. The van der Waals surface area contributed by atoms with Gasteiger partial charge in [0.1, 0.15) is 5.60 Å². The van der Waals surface area contributed by atoms with Crippen molar-refractivity contribution in [3.63, 3.8) is 0 Å². The molecule has 0 aromatic rings. The molecule has 6 N–H and O–H groups in total. The van der Waals surface area contributed by atoms with Gasteiger partial charge in [0.2, 0.25) is 11.4 Å². The predicted molar refractivity (Wildman–Crippen MR) is 75.0 cm³/mol. The molecule has 1 aliphatic heterocycles. The van der Waals surface area contributed by atoms with Crippen LogP contribution in [0.4, 0.5) is 0 Å². The molecule has 22 heavy (non-hydrogen) atoms. The van der Waals surface area contributed by atoms with E-state index in [0.717, 1.165) is 12.8 Å². The molecule has 1 heterocycles. The Morgan fingerprint density at radius 2 is 1.91 bits per heavy atom. The van der Waals surface area contributed by atoms with Crippen molar-refractivity contribution in [1.29, 1.82) is 0 Å². The van der Waals surface area contributed by atoms with Gasteiger partial charge in [-0.2, -0.15) is 0 Å². The van der Waals surface area contributed by atoms with Crippen LogP contribution < -0.4 is 0 Å². The summed E-state index contributed by atoms with van der Waals surface area (Å²) in [6.07, 6.45) is 0.0152. The maximum Gasteiger partial charge on any atom is 0.378 e. The van der Waals surface area contributed by atoms with Gasteiger partial charge in [-0.3, -0.25) is 0 Å². The maximum atomic E-state index is 11.5. The average molecular weight is 320 g/mol. The first kappa shape index (κ1) is 18.7. The molecular weight excluding hydrogens is 296 g/mol. The van der Waals surface area contributed by atoms with Crippen molar-refractivity contribution < 1.29 is 40.2 Å². The second-order valence-corrected chi connectivity index (χ2v) is 5.60. The monoisotopic (exact) mass is 320 g/mol. The van der Waals surface area contributed by atoms with Crippen LogP contribution in [0.15, 0.2) is 11.5 Å². The smallest absolute Gasteiger partial charge is 0.378 e. The van der Waals surface area contributed by atoms with Gasteiger partial charge in [0.25, 0.3) is 0 Å². The Kier molecular flexibility index (Phi) is 6.18. The third kappa shape index (κ3) is 3.19. The molecule has 1 rings (SSSR count). The molecule has 0 fully saturated rings. The molecule has 0 aliphatic carbocycles. The zero-order chi connectivity index (χ0) is 17.0. The first-order chi connectivity index (χ1) is 10.3. The standard InChI is InChI=1S/C14H24O8/c1-2-3-4-5-13(21,8-16)14(6-9(17)7-15)11(19)10(18)12(20)22-14/h9,15-19,21H,2-8H2,1H3/t9?,13-,14-/m0/s1. The molecule has 3 atom stereocenters. The minimum Gasteiger partial charge on any atom is -0.505 e. The highest BCUT2D eigenvalue weighted by atomic mass is 16.6. The molecule has 128 valence electrons. The number of carbonyl (C=O) groups is 1. The van der Waals surface area contributed by atoms with Crippen molar-refractivity contribution in [3.05, 3.63) is 11.5 Å². The highest BCUT2D eigenvalue weighted by molar-refractivity contribution is 5.90. The summed E-state index contributed by atoms with van der Waals surface area (Å²) in [6, 6.07) is 0. The second kappa shape index (κ2) is 7.28. The number of carbonyl (C=O) groups excluding carboxylic acids is 1. The number of ether oxygens (including phenoxy) is 1. The maximum absolute atomic E-state index is 11.5. The van der Waals surface area contributed by atoms with Gasteiger partial charge < -0.3 is 35.4 Å². The fourth-order valence-corrected chi connectivity index (χ4v) is 2.66. The molecular formula is C14H24O8. The lowest BCUT2D eigenvalue weighted by atomic mass is 9.75. The van der Waals surface area contributed by atoms with E-state index in [4.69, 9.17) is 9.84 Å². The molecule has 8 nitrogen and oxygen atoms in total. The van der Waals surface area contributed by atoms with E-state index in [2.05, 4.69) is 0 Å². The molecule has 0 saturated heterocycles. The third-order valence-corrected chi connectivity index (χ3v) is 4.01. The van der Waals surface area contributed by atoms with E-state index in [1.165, 1.54) is 0 Å². The Labute approximate surface area is 128 Å². The van der Waals surface area contributed by atoms with Crippen molar-refractivity contribution in [2.24, 2.45) is 0 Å². The van der Waals surface area contributed by atoms with Gasteiger partial charge in [-0.25, -0.2) is 4.79 Å². The summed E-state index contributed by atoms with van der Waals surface area (Å²) in [7, 11) is 0. The number of hydrogen-bond acceptors (Lipinski definition) is 8. The summed E-state index contributed by atoms with van der Waals surface area (Å²) in [4.78, 5) is 11.5. The van der Waals surface area contributed by atoms with Gasteiger partial charge in [-0.15, -0.1) is 0 Å². The molecule has 0 radical (unpaired) electrons. The first-order valence-corrected chi connectivity index (χ1v) is 7.26. The zero-order valence-electron chi connectivity index (χ0n) is 12.5. The van der Waals surface area contributed by atoms with Crippen molar-refractivity contribution in [3.8, 4) is 0 Å². The lowest BCUT2D eigenvalue weighted by Crippen LogP contribution is -2.60. The average Bonchev–Trinajstić information content (AvgIpc) is 2.72. The van der Waals surface area contributed by atoms with Gasteiger partial charge in [0, 0.05) is 6.42 Å². The van der Waals surface area contributed by atoms with Gasteiger partial charge in [0.05, 0.1) is 19.3 Å². The van der Waals surface area contributed by atoms with Gasteiger partial charge in [-0.1, -0.05) is 26.2 Å². The van der Waals surface area contributed by atoms with Gasteiger partial charge in [0.15, 0.2) is 5.76 Å². The topological polar surface area (TPSA) is 148 Å². The van der Waals surface area contributed by atoms with Crippen LogP contribution in [-0.4, -0.2) is 67.1 Å². The van der Waals surface area contributed by atoms with E-state index >= 15 is 0 Å². The fourth-order valence-electron chi connectivity index (χ4n) is 2.66. The normalized spacial score (nSPS) is 26.0. The van der Waals surface area contributed by atoms with E-state index in [9.17, 15) is 30.3 Å². The van der Waals surface area contributed by atoms with Crippen LogP contribution in [0.5, 0.6) is 0 Å². The van der Waals surface area contributed by atoms with E-state index in [-0.39, 0.29) is 6.42 Å². The highest BCUT2D eigenvalue weighted by Gasteiger charge is 2.62. The molecule has 8 heteroatoms. The number of hydrogen-bond donors (Lipinski definition) is 6. The molecule has 0 spiro atoms. The number of aliphatic hydroxyl groups is 6. The van der Waals surface area contributed by atoms with Crippen LogP contribution in [0, 0.1) is 0 Å². The molecule has 0 aromatic carbocycles. The number of cyclic esters (lactones) is 1. The lowest BCUT2D eigenvalue weighted by molar-refractivity contribution is -0.203. The third-order valence-electron chi connectivity index (χ3n) is 4.01. The second-order valence-electron chi connectivity index (χ2n) is 5.60. The summed E-state index contributed by atoms with van der Waals surface area (Å²) < 4.78 is 4.94. The van der Waals surface area contributed by atoms with Crippen LogP contribution in [0.25, 0.3) is 0 Å². The van der Waals surface area contributed by atoms with Crippen LogP contribution >= 0.6 is 0 Å². The fraction of sp³-hybridized carbons (Fsp3) is 0.786. The number of rotatable bonds is 9. The molecule has 0 amide bonds. The van der Waals surface area contributed by atoms with Crippen molar-refractivity contribution >= 4 is 5.97 Å². The van der Waals surface area contributed by atoms with Crippen LogP contribution in [0.1, 0.15) is 39.0 Å². The Hall–Kier alpha value is -1.35. The minimum absolute atomic E-state index is 0.0277. The zero-order valence-corrected chi connectivity index (χ0v) is 12.5. The minimum atomic E-state index is -2.20. The van der Waals surface area contributed by atoms with E-state index in [1.54, 1.807) is 0 Å². The van der Waals surface area contributed by atoms with Gasteiger partial charge >= 0.3 is 5.97 Å². The summed E-state index contributed by atoms with van der Waals surface area (Å²) in [5, 5.41) is 58.5. The molecule has 1 aliphatic rings. The molecule has 0 saturated carbocycles. The van der Waals surface area contributed by atoms with Gasteiger partial charge in [-0.05, 0) is 6.42 Å². The van der Waals surface area contributed by atoms with E-state index in [1.807, 2.05) is 6.92 Å². The quantitative estimate of drug-likeness (QED) is 0.250. The Morgan fingerprint density at radius 1 is 1.27 bits per heavy atom. The highest BCUT2D eigenvalue weighted by Crippen LogP contribution is 2.44. The van der Waals surface area contributed by atoms with Crippen LogP contribution in [0.2, 0.25) is 0 Å². The largest absolute Gasteiger partial charge is 0.505 e. The Bertz CT molecular complexity index is 435. The van der Waals surface area contributed by atoms with E-state index in [0.29, 0.717) is 6.42 Å². The predicted octanol–water partition coefficient (Wildman–Crippen LogP) is -0.343. The van der Waals surface area contributed by atoms with Crippen molar-refractivity contribution in [2.45, 2.75) is 56.3 Å². The summed E-state index contributed by atoms with van der Waals surface area (Å²) in [6.45, 7) is 0.366. The SMILES string of the molecule is CCCCC[C@](O)(CO)[C@@]1(CC(O)CO)OC(=O)C(O)=C1O.